The van der Waals surface area contributed by atoms with Crippen molar-refractivity contribution in [1.82, 2.24) is 9.55 Å². The van der Waals surface area contributed by atoms with Gasteiger partial charge in [0.05, 0.1) is 11.9 Å². The zero-order valence-corrected chi connectivity index (χ0v) is 13.6. The highest BCUT2D eigenvalue weighted by atomic mass is 79.9. The molecule has 1 N–H and O–H groups in total. The van der Waals surface area contributed by atoms with Gasteiger partial charge in [-0.05, 0) is 23.8 Å². The summed E-state index contributed by atoms with van der Waals surface area (Å²) in [4.78, 5) is 4.38. The third-order valence-electron chi connectivity index (χ3n) is 3.52. The lowest BCUT2D eigenvalue weighted by Gasteiger charge is -2.09. The van der Waals surface area contributed by atoms with E-state index in [9.17, 15) is 4.39 Å². The summed E-state index contributed by atoms with van der Waals surface area (Å²) in [6.45, 7) is 0.400. The Kier molecular flexibility index (Phi) is 4.24. The van der Waals surface area contributed by atoms with Crippen molar-refractivity contribution in [3.8, 4) is 11.3 Å². The predicted molar refractivity (Wildman–Crippen MR) is 90.1 cm³/mol. The van der Waals surface area contributed by atoms with Gasteiger partial charge in [-0.3, -0.25) is 0 Å². The Hall–Kier alpha value is -2.14. The zero-order chi connectivity index (χ0) is 15.5. The Morgan fingerprint density at radius 3 is 2.59 bits per heavy atom. The van der Waals surface area contributed by atoms with E-state index in [0.717, 1.165) is 15.7 Å². The molecule has 0 atom stereocenters. The maximum atomic E-state index is 13.6. The Balaban J connectivity index is 1.79. The Morgan fingerprint density at radius 1 is 1.14 bits per heavy atom. The van der Waals surface area contributed by atoms with Crippen molar-refractivity contribution in [2.24, 2.45) is 7.05 Å². The highest BCUT2D eigenvalue weighted by Gasteiger charge is 2.09. The summed E-state index contributed by atoms with van der Waals surface area (Å²) in [7, 11) is 1.94. The number of hydrogen-bond donors (Lipinski definition) is 1. The monoisotopic (exact) mass is 359 g/mol. The van der Waals surface area contributed by atoms with Crippen LogP contribution in [0.4, 0.5) is 10.3 Å². The Morgan fingerprint density at radius 2 is 1.86 bits per heavy atom. The quantitative estimate of drug-likeness (QED) is 0.737. The van der Waals surface area contributed by atoms with E-state index in [0.29, 0.717) is 18.1 Å². The molecule has 0 spiro atoms. The molecule has 22 heavy (non-hydrogen) atoms. The average Bonchev–Trinajstić information content (AvgIpc) is 2.88. The van der Waals surface area contributed by atoms with Crippen LogP contribution in [-0.2, 0) is 13.6 Å². The molecule has 0 saturated heterocycles. The van der Waals surface area contributed by atoms with Gasteiger partial charge in [0.2, 0.25) is 5.95 Å². The smallest absolute Gasteiger partial charge is 0.203 e. The van der Waals surface area contributed by atoms with Crippen molar-refractivity contribution in [2.45, 2.75) is 6.54 Å². The minimum atomic E-state index is -0.211. The fourth-order valence-electron chi connectivity index (χ4n) is 2.28. The first-order valence-electron chi connectivity index (χ1n) is 6.90. The molecule has 3 aromatic rings. The van der Waals surface area contributed by atoms with Gasteiger partial charge < -0.3 is 9.88 Å². The van der Waals surface area contributed by atoms with Crippen LogP contribution in [0, 0.1) is 5.82 Å². The second-order valence-corrected chi connectivity index (χ2v) is 5.89. The van der Waals surface area contributed by atoms with E-state index in [-0.39, 0.29) is 5.82 Å². The predicted octanol–water partition coefficient (Wildman–Crippen LogP) is 4.60. The van der Waals surface area contributed by atoms with E-state index in [1.807, 2.05) is 48.1 Å². The molecule has 112 valence electrons. The van der Waals surface area contributed by atoms with E-state index >= 15 is 0 Å². The second kappa shape index (κ2) is 6.32. The third-order valence-corrected chi connectivity index (χ3v) is 4.05. The number of imidazole rings is 1. The Labute approximate surface area is 136 Å². The van der Waals surface area contributed by atoms with Crippen LogP contribution in [-0.4, -0.2) is 9.55 Å². The molecular formula is C17H15BrFN3. The number of aromatic nitrogens is 2. The van der Waals surface area contributed by atoms with Crippen LogP contribution in [0.5, 0.6) is 0 Å². The summed E-state index contributed by atoms with van der Waals surface area (Å²) in [6.07, 6.45) is 1.81. The topological polar surface area (TPSA) is 29.9 Å². The van der Waals surface area contributed by atoms with Crippen molar-refractivity contribution in [3.63, 3.8) is 0 Å². The largest absolute Gasteiger partial charge is 0.351 e. The summed E-state index contributed by atoms with van der Waals surface area (Å²) in [5.41, 5.74) is 2.70. The van der Waals surface area contributed by atoms with Crippen molar-refractivity contribution >= 4 is 21.9 Å². The minimum Gasteiger partial charge on any atom is -0.351 e. The van der Waals surface area contributed by atoms with Crippen molar-refractivity contribution in [1.29, 1.82) is 0 Å². The number of rotatable bonds is 4. The third kappa shape index (κ3) is 3.04. The average molecular weight is 360 g/mol. The maximum Gasteiger partial charge on any atom is 0.203 e. The van der Waals surface area contributed by atoms with E-state index in [1.54, 1.807) is 12.1 Å². The molecule has 0 radical (unpaired) electrons. The molecule has 3 nitrogen and oxygen atoms in total. The lowest BCUT2D eigenvalue weighted by atomic mass is 10.2. The molecule has 0 saturated carbocycles. The summed E-state index contributed by atoms with van der Waals surface area (Å²) < 4.78 is 16.6. The van der Waals surface area contributed by atoms with E-state index in [1.165, 1.54) is 6.07 Å². The summed E-state index contributed by atoms with van der Waals surface area (Å²) >= 11 is 3.43. The van der Waals surface area contributed by atoms with Gasteiger partial charge >= 0.3 is 0 Å². The molecule has 0 fully saturated rings. The number of nitrogens with zero attached hydrogens (tertiary/aromatic N) is 2. The highest BCUT2D eigenvalue weighted by molar-refractivity contribution is 9.10. The maximum absolute atomic E-state index is 13.6. The lowest BCUT2D eigenvalue weighted by Crippen LogP contribution is -2.06. The van der Waals surface area contributed by atoms with Gasteiger partial charge in [-0.15, -0.1) is 0 Å². The fraction of sp³-hybridized carbons (Fsp3) is 0.118. The normalized spacial score (nSPS) is 10.7. The second-order valence-electron chi connectivity index (χ2n) is 4.98. The lowest BCUT2D eigenvalue weighted by molar-refractivity contribution is 0.612. The van der Waals surface area contributed by atoms with Gasteiger partial charge in [-0.1, -0.05) is 46.3 Å². The highest BCUT2D eigenvalue weighted by Crippen LogP contribution is 2.24. The molecule has 0 bridgehead atoms. The molecule has 0 aliphatic heterocycles. The molecular weight excluding hydrogens is 345 g/mol. The van der Waals surface area contributed by atoms with Crippen molar-refractivity contribution in [3.05, 3.63) is 70.6 Å². The van der Waals surface area contributed by atoms with Gasteiger partial charge in [0.15, 0.2) is 0 Å². The number of nitrogens with one attached hydrogen (secondary N) is 1. The number of benzene rings is 2. The fourth-order valence-corrected chi connectivity index (χ4v) is 2.54. The van der Waals surface area contributed by atoms with Crippen LogP contribution in [0.25, 0.3) is 11.3 Å². The van der Waals surface area contributed by atoms with Gasteiger partial charge in [0.1, 0.15) is 5.82 Å². The molecule has 0 aliphatic rings. The van der Waals surface area contributed by atoms with E-state index in [2.05, 4.69) is 26.2 Å². The first-order chi connectivity index (χ1) is 10.6. The molecule has 3 rings (SSSR count). The van der Waals surface area contributed by atoms with Gasteiger partial charge in [-0.2, -0.15) is 0 Å². The van der Waals surface area contributed by atoms with Gasteiger partial charge in [-0.25, -0.2) is 9.37 Å². The SMILES string of the molecule is Cn1c(-c2ccc(Br)cc2)cnc1NCc1ccccc1F. The zero-order valence-electron chi connectivity index (χ0n) is 12.1. The summed E-state index contributed by atoms with van der Waals surface area (Å²) in [5.74, 6) is 0.499. The van der Waals surface area contributed by atoms with Crippen LogP contribution in [0.3, 0.4) is 0 Å². The Bertz CT molecular complexity index is 781. The van der Waals surface area contributed by atoms with E-state index < -0.39 is 0 Å². The minimum absolute atomic E-state index is 0.211. The van der Waals surface area contributed by atoms with Crippen LogP contribution in [0.15, 0.2) is 59.2 Å². The van der Waals surface area contributed by atoms with Gasteiger partial charge in [0.25, 0.3) is 0 Å². The number of hydrogen-bond acceptors (Lipinski definition) is 2. The van der Waals surface area contributed by atoms with Crippen LogP contribution >= 0.6 is 15.9 Å². The van der Waals surface area contributed by atoms with Crippen LogP contribution in [0.1, 0.15) is 5.56 Å². The summed E-state index contributed by atoms with van der Waals surface area (Å²) in [5, 5.41) is 3.17. The standard InChI is InChI=1S/C17H15BrFN3/c1-22-16(12-6-8-14(18)9-7-12)11-21-17(22)20-10-13-4-2-3-5-15(13)19/h2-9,11H,10H2,1H3,(H,20,21). The molecule has 0 aliphatic carbocycles. The van der Waals surface area contributed by atoms with Gasteiger partial charge in [0, 0.05) is 23.6 Å². The van der Waals surface area contributed by atoms with Crippen LogP contribution < -0.4 is 5.32 Å². The molecule has 1 heterocycles. The van der Waals surface area contributed by atoms with Crippen molar-refractivity contribution in [2.75, 3.05) is 5.32 Å². The number of anilines is 1. The van der Waals surface area contributed by atoms with E-state index in [4.69, 9.17) is 0 Å². The molecule has 2 aromatic carbocycles. The van der Waals surface area contributed by atoms with Crippen molar-refractivity contribution < 1.29 is 4.39 Å². The summed E-state index contributed by atoms with van der Waals surface area (Å²) in [6, 6.07) is 14.8. The molecule has 5 heteroatoms. The molecule has 0 unspecified atom stereocenters. The number of halogens is 2. The van der Waals surface area contributed by atoms with Crippen LogP contribution in [0.2, 0.25) is 0 Å². The first-order valence-corrected chi connectivity index (χ1v) is 7.69. The molecule has 1 aromatic heterocycles. The molecule has 0 amide bonds. The first kappa shape index (κ1) is 14.8.